The maximum absolute atomic E-state index is 11.1. The summed E-state index contributed by atoms with van der Waals surface area (Å²) in [5, 5.41) is 10.5. The van der Waals surface area contributed by atoms with Crippen LogP contribution >= 0.6 is 0 Å². The lowest BCUT2D eigenvalue weighted by atomic mass is 9.65. The van der Waals surface area contributed by atoms with E-state index < -0.39 is 5.60 Å². The van der Waals surface area contributed by atoms with E-state index in [-0.39, 0.29) is 23.3 Å². The molecule has 2 unspecified atom stereocenters. The van der Waals surface area contributed by atoms with E-state index in [1.165, 1.54) is 19.9 Å². The zero-order valence-electron chi connectivity index (χ0n) is 12.2. The Bertz CT molecular complexity index is 431. The summed E-state index contributed by atoms with van der Waals surface area (Å²) < 4.78 is 5.22. The fourth-order valence-electron chi connectivity index (χ4n) is 2.86. The van der Waals surface area contributed by atoms with E-state index >= 15 is 0 Å². The van der Waals surface area contributed by atoms with Crippen molar-refractivity contribution in [1.82, 2.24) is 0 Å². The van der Waals surface area contributed by atoms with Gasteiger partial charge >= 0.3 is 5.97 Å². The van der Waals surface area contributed by atoms with Gasteiger partial charge in [-0.05, 0) is 25.7 Å². The first-order valence-corrected chi connectivity index (χ1v) is 6.42. The Balaban J connectivity index is 3.13. The predicted molar refractivity (Wildman–Crippen MR) is 71.5 cm³/mol. The molecule has 0 amide bonds. The Kier molecular flexibility index (Phi) is 4.39. The van der Waals surface area contributed by atoms with Crippen LogP contribution < -0.4 is 0 Å². The summed E-state index contributed by atoms with van der Waals surface area (Å²) in [7, 11) is 0. The third kappa shape index (κ3) is 4.05. The van der Waals surface area contributed by atoms with Gasteiger partial charge < -0.3 is 9.84 Å². The van der Waals surface area contributed by atoms with Crippen LogP contribution in [0.25, 0.3) is 0 Å². The van der Waals surface area contributed by atoms with Gasteiger partial charge in [-0.15, -0.1) is 5.73 Å². The number of ether oxygens (including phenoxy) is 1. The summed E-state index contributed by atoms with van der Waals surface area (Å²) in [6.45, 7) is 8.38. The average molecular weight is 266 g/mol. The van der Waals surface area contributed by atoms with Crippen molar-refractivity contribution in [2.24, 2.45) is 5.41 Å². The van der Waals surface area contributed by atoms with E-state index in [9.17, 15) is 14.7 Å². The monoisotopic (exact) mass is 266 g/mol. The molecule has 0 bridgehead atoms. The molecular weight excluding hydrogens is 244 g/mol. The normalized spacial score (nSPS) is 29.4. The summed E-state index contributed by atoms with van der Waals surface area (Å²) in [5.74, 6) is -0.454. The summed E-state index contributed by atoms with van der Waals surface area (Å²) >= 11 is 0. The lowest BCUT2D eigenvalue weighted by molar-refractivity contribution is -0.152. The molecule has 1 rings (SSSR count). The van der Waals surface area contributed by atoms with Crippen molar-refractivity contribution < 1.29 is 19.4 Å². The lowest BCUT2D eigenvalue weighted by Crippen LogP contribution is -2.46. The highest BCUT2D eigenvalue weighted by Gasteiger charge is 2.46. The van der Waals surface area contributed by atoms with Crippen LogP contribution in [0.5, 0.6) is 0 Å². The number of rotatable bonds is 2. The van der Waals surface area contributed by atoms with Gasteiger partial charge in [-0.1, -0.05) is 13.8 Å². The van der Waals surface area contributed by atoms with Crippen LogP contribution in [0.1, 0.15) is 47.5 Å². The summed E-state index contributed by atoms with van der Waals surface area (Å²) in [6, 6.07) is 0. The second kappa shape index (κ2) is 5.32. The summed E-state index contributed by atoms with van der Waals surface area (Å²) in [6.07, 6.45) is 1.96. The first-order chi connectivity index (χ1) is 8.54. The number of ketones is 1. The topological polar surface area (TPSA) is 63.6 Å². The molecule has 1 fully saturated rings. The summed E-state index contributed by atoms with van der Waals surface area (Å²) in [4.78, 5) is 22.1. The molecule has 0 aromatic rings. The number of hydrogen-bond donors (Lipinski definition) is 1. The van der Waals surface area contributed by atoms with Crippen LogP contribution in [0, 0.1) is 5.41 Å². The fraction of sp³-hybridized carbons (Fsp3) is 0.667. The Labute approximate surface area is 114 Å². The van der Waals surface area contributed by atoms with E-state index in [0.29, 0.717) is 18.4 Å². The molecule has 0 aromatic heterocycles. The standard InChI is InChI=1S/C15H22O4/c1-10(16)6-7-13-14(3,4)8-12(19-11(2)17)9-15(13,5)18/h6,12,18H,8-9H2,1-5H3. The maximum Gasteiger partial charge on any atom is 0.302 e. The average Bonchev–Trinajstić information content (AvgIpc) is 2.10. The Morgan fingerprint density at radius 3 is 2.32 bits per heavy atom. The van der Waals surface area contributed by atoms with Crippen LogP contribution in [0.2, 0.25) is 0 Å². The van der Waals surface area contributed by atoms with Crippen molar-refractivity contribution in [3.63, 3.8) is 0 Å². The lowest BCUT2D eigenvalue weighted by Gasteiger charge is -2.44. The molecule has 0 heterocycles. The van der Waals surface area contributed by atoms with Crippen molar-refractivity contribution in [3.8, 4) is 0 Å². The molecule has 4 heteroatoms. The Morgan fingerprint density at radius 2 is 1.89 bits per heavy atom. The molecule has 4 nitrogen and oxygen atoms in total. The van der Waals surface area contributed by atoms with Gasteiger partial charge in [0.25, 0.3) is 0 Å². The highest BCUT2D eigenvalue weighted by atomic mass is 16.5. The summed E-state index contributed by atoms with van der Waals surface area (Å²) in [5.41, 5.74) is 2.09. The van der Waals surface area contributed by atoms with E-state index in [1.54, 1.807) is 6.92 Å². The minimum atomic E-state index is -1.13. The van der Waals surface area contributed by atoms with Crippen molar-refractivity contribution in [2.45, 2.75) is 59.2 Å². The van der Waals surface area contributed by atoms with Crippen LogP contribution in [0.4, 0.5) is 0 Å². The zero-order valence-corrected chi connectivity index (χ0v) is 12.2. The number of carbonyl (C=O) groups excluding carboxylic acids is 2. The highest BCUT2D eigenvalue weighted by Crippen LogP contribution is 2.46. The predicted octanol–water partition coefficient (Wildman–Crippen LogP) is 2.16. The van der Waals surface area contributed by atoms with Crippen molar-refractivity contribution >= 4 is 11.8 Å². The number of hydrogen-bond acceptors (Lipinski definition) is 4. The minimum Gasteiger partial charge on any atom is -0.462 e. The molecule has 0 aromatic carbocycles. The van der Waals surface area contributed by atoms with Crippen LogP contribution in [-0.2, 0) is 14.3 Å². The van der Waals surface area contributed by atoms with Gasteiger partial charge in [-0.25, -0.2) is 0 Å². The van der Waals surface area contributed by atoms with E-state index in [4.69, 9.17) is 4.74 Å². The van der Waals surface area contributed by atoms with Gasteiger partial charge in [-0.2, -0.15) is 0 Å². The van der Waals surface area contributed by atoms with Crippen LogP contribution in [0.15, 0.2) is 17.4 Å². The second-order valence-corrected chi connectivity index (χ2v) is 6.07. The third-order valence-corrected chi connectivity index (χ3v) is 3.33. The molecule has 0 saturated heterocycles. The molecule has 1 aliphatic rings. The number of carbonyl (C=O) groups is 2. The molecule has 19 heavy (non-hydrogen) atoms. The van der Waals surface area contributed by atoms with Gasteiger partial charge in [0.1, 0.15) is 6.10 Å². The first kappa shape index (κ1) is 15.7. The number of esters is 1. The maximum atomic E-state index is 11.1. The largest absolute Gasteiger partial charge is 0.462 e. The molecule has 0 spiro atoms. The highest BCUT2D eigenvalue weighted by molar-refractivity contribution is 5.87. The van der Waals surface area contributed by atoms with Crippen LogP contribution in [0.3, 0.4) is 0 Å². The quantitative estimate of drug-likeness (QED) is 0.472. The van der Waals surface area contributed by atoms with Crippen molar-refractivity contribution in [2.75, 3.05) is 0 Å². The zero-order chi connectivity index (χ0) is 14.8. The third-order valence-electron chi connectivity index (χ3n) is 3.33. The van der Waals surface area contributed by atoms with E-state index in [0.717, 1.165) is 0 Å². The number of aliphatic hydroxyl groups is 1. The smallest absolute Gasteiger partial charge is 0.302 e. The molecule has 106 valence electrons. The van der Waals surface area contributed by atoms with E-state index in [2.05, 4.69) is 5.73 Å². The molecular formula is C15H22O4. The minimum absolute atomic E-state index is 0.110. The Hall–Kier alpha value is -1.38. The van der Waals surface area contributed by atoms with Crippen molar-refractivity contribution in [3.05, 3.63) is 17.4 Å². The Morgan fingerprint density at radius 1 is 1.32 bits per heavy atom. The molecule has 1 saturated carbocycles. The van der Waals surface area contributed by atoms with Gasteiger partial charge in [0, 0.05) is 25.0 Å². The van der Waals surface area contributed by atoms with Gasteiger partial charge in [0.15, 0.2) is 5.78 Å². The molecule has 1 N–H and O–H groups in total. The van der Waals surface area contributed by atoms with Gasteiger partial charge in [0.05, 0.1) is 5.60 Å². The van der Waals surface area contributed by atoms with Crippen molar-refractivity contribution in [1.29, 1.82) is 0 Å². The first-order valence-electron chi connectivity index (χ1n) is 6.42. The SMILES string of the molecule is CC(=O)C=C=C1C(C)(C)CC(OC(C)=O)CC1(C)O. The van der Waals surface area contributed by atoms with E-state index in [1.807, 2.05) is 13.8 Å². The molecule has 1 aliphatic carbocycles. The molecule has 0 radical (unpaired) electrons. The molecule has 0 aliphatic heterocycles. The van der Waals surface area contributed by atoms with Gasteiger partial charge in [-0.3, -0.25) is 9.59 Å². The molecule has 2 atom stereocenters. The van der Waals surface area contributed by atoms with Crippen LogP contribution in [-0.4, -0.2) is 28.6 Å². The fourth-order valence-corrected chi connectivity index (χ4v) is 2.86. The second-order valence-electron chi connectivity index (χ2n) is 6.07. The van der Waals surface area contributed by atoms with Gasteiger partial charge in [0.2, 0.25) is 0 Å².